The summed E-state index contributed by atoms with van der Waals surface area (Å²) >= 11 is 0. The zero-order valence-electron chi connectivity index (χ0n) is 10.4. The highest BCUT2D eigenvalue weighted by molar-refractivity contribution is 5.83. The van der Waals surface area contributed by atoms with Crippen LogP contribution in [0.4, 0.5) is 0 Å². The zero-order valence-corrected chi connectivity index (χ0v) is 10.4. The van der Waals surface area contributed by atoms with E-state index in [-0.39, 0.29) is 0 Å². The number of fused-ring (bicyclic) bond motifs is 1. The van der Waals surface area contributed by atoms with Crippen LogP contribution >= 0.6 is 0 Å². The van der Waals surface area contributed by atoms with Crippen LogP contribution in [0.15, 0.2) is 12.1 Å². The second-order valence-corrected chi connectivity index (χ2v) is 5.00. The Labute approximate surface area is 106 Å². The molecule has 0 spiro atoms. The summed E-state index contributed by atoms with van der Waals surface area (Å²) in [6, 6.07) is 3.72. The molecule has 2 aliphatic rings. The largest absolute Gasteiger partial charge is 0.486 e. The first-order chi connectivity index (χ1) is 8.65. The average Bonchev–Trinajstić information content (AvgIpc) is 2.30. The molecule has 0 atom stereocenters. The smallest absolute Gasteiger partial charge is 0.314 e. The lowest BCUT2D eigenvalue weighted by molar-refractivity contribution is -0.147. The van der Waals surface area contributed by atoms with Crippen LogP contribution in [0.1, 0.15) is 30.4 Å². The van der Waals surface area contributed by atoms with E-state index in [4.69, 9.17) is 9.47 Å². The fraction of sp³-hybridized carbons (Fsp3) is 0.500. The van der Waals surface area contributed by atoms with Crippen LogP contribution < -0.4 is 9.47 Å². The molecule has 1 aliphatic heterocycles. The van der Waals surface area contributed by atoms with Crippen LogP contribution in [0.3, 0.4) is 0 Å². The number of hydrogen-bond acceptors (Lipinski definition) is 3. The van der Waals surface area contributed by atoms with Gasteiger partial charge in [0.2, 0.25) is 0 Å². The predicted molar refractivity (Wildman–Crippen MR) is 65.3 cm³/mol. The van der Waals surface area contributed by atoms with Gasteiger partial charge in [0.15, 0.2) is 11.5 Å². The highest BCUT2D eigenvalue weighted by Crippen LogP contribution is 2.48. The molecule has 0 unspecified atom stereocenters. The number of aliphatic carboxylic acids is 1. The topological polar surface area (TPSA) is 55.8 Å². The van der Waals surface area contributed by atoms with E-state index in [1.54, 1.807) is 0 Å². The summed E-state index contributed by atoms with van der Waals surface area (Å²) in [5.74, 6) is 0.710. The van der Waals surface area contributed by atoms with Gasteiger partial charge in [-0.05, 0) is 37.0 Å². The summed E-state index contributed by atoms with van der Waals surface area (Å²) in [5, 5.41) is 9.49. The summed E-state index contributed by atoms with van der Waals surface area (Å²) < 4.78 is 11.1. The first kappa shape index (κ1) is 11.4. The van der Waals surface area contributed by atoms with Crippen molar-refractivity contribution < 1.29 is 19.4 Å². The Kier molecular flexibility index (Phi) is 2.47. The number of ether oxygens (including phenoxy) is 2. The van der Waals surface area contributed by atoms with E-state index in [9.17, 15) is 9.90 Å². The minimum atomic E-state index is -0.728. The normalized spacial score (nSPS) is 20.1. The van der Waals surface area contributed by atoms with Gasteiger partial charge in [0.25, 0.3) is 0 Å². The second-order valence-electron chi connectivity index (χ2n) is 5.00. The number of benzene rings is 1. The maximum Gasteiger partial charge on any atom is 0.314 e. The summed E-state index contributed by atoms with van der Waals surface area (Å²) in [5.41, 5.74) is 1.08. The molecule has 18 heavy (non-hydrogen) atoms. The number of carbonyl (C=O) groups is 1. The van der Waals surface area contributed by atoms with Crippen molar-refractivity contribution >= 4 is 5.97 Å². The van der Waals surface area contributed by atoms with Crippen LogP contribution in [-0.2, 0) is 10.2 Å². The van der Waals surface area contributed by atoms with Gasteiger partial charge in [-0.1, -0.05) is 12.5 Å². The molecule has 0 radical (unpaired) electrons. The highest BCUT2D eigenvalue weighted by atomic mass is 16.6. The van der Waals surface area contributed by atoms with Crippen molar-refractivity contribution in [2.75, 3.05) is 13.2 Å². The molecule has 1 aromatic carbocycles. The lowest BCUT2D eigenvalue weighted by Gasteiger charge is -2.39. The Bertz CT molecular complexity index is 503. The summed E-state index contributed by atoms with van der Waals surface area (Å²) in [6.45, 7) is 3.00. The molecule has 1 N–H and O–H groups in total. The molecule has 0 bridgehead atoms. The van der Waals surface area contributed by atoms with E-state index in [2.05, 4.69) is 0 Å². The number of carboxylic acids is 1. The van der Waals surface area contributed by atoms with Gasteiger partial charge in [0.1, 0.15) is 13.2 Å². The SMILES string of the molecule is Cc1c(C2(C(=O)O)CCC2)ccc2c1OCCO2. The molecule has 0 aromatic heterocycles. The molecule has 1 aromatic rings. The van der Waals surface area contributed by atoms with Crippen molar-refractivity contribution in [3.63, 3.8) is 0 Å². The van der Waals surface area contributed by atoms with E-state index in [0.717, 1.165) is 23.3 Å². The van der Waals surface area contributed by atoms with Crippen LogP contribution in [-0.4, -0.2) is 24.3 Å². The van der Waals surface area contributed by atoms with Crippen molar-refractivity contribution in [1.29, 1.82) is 0 Å². The minimum Gasteiger partial charge on any atom is -0.486 e. The van der Waals surface area contributed by atoms with Gasteiger partial charge in [-0.15, -0.1) is 0 Å². The molecule has 1 heterocycles. The Balaban J connectivity index is 2.10. The number of carboxylic acid groups (broad SMARTS) is 1. The van der Waals surface area contributed by atoms with Crippen LogP contribution in [0.5, 0.6) is 11.5 Å². The number of hydrogen-bond donors (Lipinski definition) is 1. The van der Waals surface area contributed by atoms with Crippen molar-refractivity contribution in [3.05, 3.63) is 23.3 Å². The van der Waals surface area contributed by atoms with E-state index in [1.165, 1.54) is 0 Å². The maximum atomic E-state index is 11.6. The van der Waals surface area contributed by atoms with Gasteiger partial charge >= 0.3 is 5.97 Å². The monoisotopic (exact) mass is 248 g/mol. The van der Waals surface area contributed by atoms with E-state index < -0.39 is 11.4 Å². The standard InChI is InChI=1S/C14H16O4/c1-9-10(14(13(15)16)5-2-6-14)3-4-11-12(9)18-8-7-17-11/h3-4H,2,5-8H2,1H3,(H,15,16). The molecular weight excluding hydrogens is 232 g/mol. The second kappa shape index (κ2) is 3.90. The molecule has 96 valence electrons. The van der Waals surface area contributed by atoms with Gasteiger partial charge in [-0.3, -0.25) is 4.79 Å². The fourth-order valence-electron chi connectivity index (χ4n) is 2.90. The molecule has 0 amide bonds. The predicted octanol–water partition coefficient (Wildman–Crippen LogP) is 2.27. The number of rotatable bonds is 2. The van der Waals surface area contributed by atoms with Gasteiger partial charge in [0.05, 0.1) is 5.41 Å². The minimum absolute atomic E-state index is 0.525. The Morgan fingerprint density at radius 3 is 2.61 bits per heavy atom. The third-order valence-corrected chi connectivity index (χ3v) is 4.09. The lowest BCUT2D eigenvalue weighted by atomic mass is 9.63. The van der Waals surface area contributed by atoms with Gasteiger partial charge in [-0.2, -0.15) is 0 Å². The first-order valence-electron chi connectivity index (χ1n) is 6.28. The van der Waals surface area contributed by atoms with E-state index in [0.29, 0.717) is 31.8 Å². The fourth-order valence-corrected chi connectivity index (χ4v) is 2.90. The van der Waals surface area contributed by atoms with Gasteiger partial charge in [0, 0.05) is 0 Å². The highest BCUT2D eigenvalue weighted by Gasteiger charge is 2.47. The van der Waals surface area contributed by atoms with Crippen LogP contribution in [0, 0.1) is 6.92 Å². The Hall–Kier alpha value is -1.71. The van der Waals surface area contributed by atoms with Gasteiger partial charge < -0.3 is 14.6 Å². The summed E-state index contributed by atoms with van der Waals surface area (Å²) in [6.07, 6.45) is 2.39. The first-order valence-corrected chi connectivity index (χ1v) is 6.28. The summed E-state index contributed by atoms with van der Waals surface area (Å²) in [7, 11) is 0. The molecule has 1 fully saturated rings. The average molecular weight is 248 g/mol. The molecule has 3 rings (SSSR count). The Morgan fingerprint density at radius 2 is 2.00 bits per heavy atom. The molecule has 4 heteroatoms. The van der Waals surface area contributed by atoms with Crippen molar-refractivity contribution in [2.24, 2.45) is 0 Å². The maximum absolute atomic E-state index is 11.6. The third kappa shape index (κ3) is 1.41. The molecule has 1 aliphatic carbocycles. The summed E-state index contributed by atoms with van der Waals surface area (Å²) in [4.78, 5) is 11.6. The molecule has 1 saturated carbocycles. The van der Waals surface area contributed by atoms with Crippen molar-refractivity contribution in [1.82, 2.24) is 0 Å². The quantitative estimate of drug-likeness (QED) is 0.872. The molecule has 0 saturated heterocycles. The Morgan fingerprint density at radius 1 is 1.28 bits per heavy atom. The lowest BCUT2D eigenvalue weighted by Crippen LogP contribution is -2.43. The molecule has 4 nitrogen and oxygen atoms in total. The molecular formula is C14H16O4. The zero-order chi connectivity index (χ0) is 12.8. The van der Waals surface area contributed by atoms with Crippen molar-refractivity contribution in [3.8, 4) is 11.5 Å². The van der Waals surface area contributed by atoms with E-state index >= 15 is 0 Å². The van der Waals surface area contributed by atoms with Crippen LogP contribution in [0.25, 0.3) is 0 Å². The third-order valence-electron chi connectivity index (χ3n) is 4.09. The van der Waals surface area contributed by atoms with Crippen molar-refractivity contribution in [2.45, 2.75) is 31.6 Å². The van der Waals surface area contributed by atoms with Crippen LogP contribution in [0.2, 0.25) is 0 Å². The van der Waals surface area contributed by atoms with Gasteiger partial charge in [-0.25, -0.2) is 0 Å². The van der Waals surface area contributed by atoms with E-state index in [1.807, 2.05) is 19.1 Å².